The van der Waals surface area contributed by atoms with E-state index in [0.717, 1.165) is 38.8 Å². The SMILES string of the molecule is CNCCC[C@@H](CNC(=O)[C@H](CCCNC(=O)CC(CCNC)NC)NC)NC. The second kappa shape index (κ2) is 18.7. The fourth-order valence-electron chi connectivity index (χ4n) is 3.12. The summed E-state index contributed by atoms with van der Waals surface area (Å²) in [5, 5.41) is 21.7. The summed E-state index contributed by atoms with van der Waals surface area (Å²) < 4.78 is 0. The van der Waals surface area contributed by atoms with E-state index in [4.69, 9.17) is 0 Å². The lowest BCUT2D eigenvalue weighted by Crippen LogP contribution is -2.47. The normalized spacial score (nSPS) is 14.2. The first-order chi connectivity index (χ1) is 14.0. The van der Waals surface area contributed by atoms with E-state index in [0.29, 0.717) is 25.9 Å². The van der Waals surface area contributed by atoms with E-state index in [-0.39, 0.29) is 29.9 Å². The number of nitrogens with one attached hydrogen (secondary N) is 7. The van der Waals surface area contributed by atoms with Crippen LogP contribution >= 0.6 is 0 Å². The lowest BCUT2D eigenvalue weighted by molar-refractivity contribution is -0.123. The van der Waals surface area contributed by atoms with Crippen LogP contribution in [0.4, 0.5) is 0 Å². The fraction of sp³-hybridized carbons (Fsp3) is 0.900. The first-order valence-corrected chi connectivity index (χ1v) is 10.9. The van der Waals surface area contributed by atoms with E-state index in [1.807, 2.05) is 28.2 Å². The fourth-order valence-corrected chi connectivity index (χ4v) is 3.12. The number of hydrogen-bond acceptors (Lipinski definition) is 7. The molecule has 0 saturated carbocycles. The molecule has 1 unspecified atom stereocenters. The van der Waals surface area contributed by atoms with Gasteiger partial charge in [0.05, 0.1) is 6.04 Å². The van der Waals surface area contributed by atoms with Gasteiger partial charge in [0, 0.05) is 31.6 Å². The number of hydrogen-bond donors (Lipinski definition) is 7. The van der Waals surface area contributed by atoms with Crippen LogP contribution in [0, 0.1) is 0 Å². The van der Waals surface area contributed by atoms with Gasteiger partial charge in [-0.05, 0) is 80.4 Å². The van der Waals surface area contributed by atoms with Gasteiger partial charge in [0.15, 0.2) is 0 Å². The summed E-state index contributed by atoms with van der Waals surface area (Å²) in [7, 11) is 9.45. The Labute approximate surface area is 177 Å². The molecule has 172 valence electrons. The second-order valence-corrected chi connectivity index (χ2v) is 7.39. The van der Waals surface area contributed by atoms with Crippen molar-refractivity contribution >= 4 is 11.8 Å². The molecule has 29 heavy (non-hydrogen) atoms. The zero-order valence-corrected chi connectivity index (χ0v) is 19.1. The van der Waals surface area contributed by atoms with Crippen LogP contribution in [0.2, 0.25) is 0 Å². The first kappa shape index (κ1) is 27.7. The molecular formula is C20H45N7O2. The third-order valence-electron chi connectivity index (χ3n) is 5.15. The van der Waals surface area contributed by atoms with Crippen molar-refractivity contribution in [1.82, 2.24) is 37.2 Å². The van der Waals surface area contributed by atoms with Gasteiger partial charge < -0.3 is 37.2 Å². The van der Waals surface area contributed by atoms with Crippen LogP contribution in [0.3, 0.4) is 0 Å². The molecule has 0 aliphatic rings. The summed E-state index contributed by atoms with van der Waals surface area (Å²) in [4.78, 5) is 24.5. The second-order valence-electron chi connectivity index (χ2n) is 7.39. The van der Waals surface area contributed by atoms with Crippen molar-refractivity contribution in [2.75, 3.05) is 61.4 Å². The zero-order chi connectivity index (χ0) is 21.9. The highest BCUT2D eigenvalue weighted by Crippen LogP contribution is 2.00. The predicted octanol–water partition coefficient (Wildman–Crippen LogP) is -1.24. The Hall–Kier alpha value is -1.26. The molecular weight excluding hydrogens is 370 g/mol. The molecule has 0 aromatic rings. The average molecular weight is 416 g/mol. The van der Waals surface area contributed by atoms with Crippen LogP contribution < -0.4 is 37.2 Å². The van der Waals surface area contributed by atoms with Crippen LogP contribution in [-0.4, -0.2) is 91.4 Å². The van der Waals surface area contributed by atoms with Crippen molar-refractivity contribution < 1.29 is 9.59 Å². The van der Waals surface area contributed by atoms with Gasteiger partial charge in [-0.3, -0.25) is 9.59 Å². The highest BCUT2D eigenvalue weighted by atomic mass is 16.2. The molecule has 0 saturated heterocycles. The van der Waals surface area contributed by atoms with Gasteiger partial charge in [0.1, 0.15) is 0 Å². The Balaban J connectivity index is 4.09. The minimum absolute atomic E-state index is 0.00926. The lowest BCUT2D eigenvalue weighted by Gasteiger charge is -2.20. The molecule has 2 amide bonds. The maximum Gasteiger partial charge on any atom is 0.237 e. The molecule has 0 bridgehead atoms. The standard InChI is InChI=1S/C20H45N7O2/c1-21-11-6-8-17(24-4)15-27-20(29)18(25-5)9-7-12-26-19(28)14-16(23-3)10-13-22-2/h16-18,21-25H,6-15H2,1-5H3,(H,26,28)(H,27,29)/t16?,17-,18-/m0/s1. The summed E-state index contributed by atoms with van der Waals surface area (Å²) in [5.74, 6) is 0.0550. The van der Waals surface area contributed by atoms with Crippen molar-refractivity contribution in [3.63, 3.8) is 0 Å². The molecule has 0 aromatic carbocycles. The molecule has 0 rings (SSSR count). The van der Waals surface area contributed by atoms with Crippen LogP contribution in [0.25, 0.3) is 0 Å². The molecule has 0 fully saturated rings. The van der Waals surface area contributed by atoms with E-state index >= 15 is 0 Å². The predicted molar refractivity (Wildman–Crippen MR) is 120 cm³/mol. The van der Waals surface area contributed by atoms with E-state index in [1.54, 1.807) is 7.05 Å². The summed E-state index contributed by atoms with van der Waals surface area (Å²) in [5.41, 5.74) is 0. The Kier molecular flexibility index (Phi) is 17.9. The largest absolute Gasteiger partial charge is 0.356 e. The Bertz CT molecular complexity index is 424. The zero-order valence-electron chi connectivity index (χ0n) is 19.1. The quantitative estimate of drug-likeness (QED) is 0.132. The molecule has 0 aliphatic carbocycles. The van der Waals surface area contributed by atoms with Gasteiger partial charge in [-0.1, -0.05) is 0 Å². The topological polar surface area (TPSA) is 118 Å². The summed E-state index contributed by atoms with van der Waals surface area (Å²) in [6, 6.07) is 0.195. The molecule has 9 nitrogen and oxygen atoms in total. The lowest BCUT2D eigenvalue weighted by atomic mass is 10.1. The molecule has 9 heteroatoms. The number of amides is 2. The summed E-state index contributed by atoms with van der Waals surface area (Å²) >= 11 is 0. The molecule has 0 heterocycles. The van der Waals surface area contributed by atoms with Crippen molar-refractivity contribution in [1.29, 1.82) is 0 Å². The van der Waals surface area contributed by atoms with Crippen LogP contribution in [0.5, 0.6) is 0 Å². The van der Waals surface area contributed by atoms with Gasteiger partial charge >= 0.3 is 0 Å². The van der Waals surface area contributed by atoms with Gasteiger partial charge in [0.25, 0.3) is 0 Å². The smallest absolute Gasteiger partial charge is 0.237 e. The highest BCUT2D eigenvalue weighted by Gasteiger charge is 2.17. The number of rotatable bonds is 19. The monoisotopic (exact) mass is 415 g/mol. The van der Waals surface area contributed by atoms with Crippen molar-refractivity contribution in [3.05, 3.63) is 0 Å². The van der Waals surface area contributed by atoms with Crippen molar-refractivity contribution in [2.45, 2.75) is 56.7 Å². The van der Waals surface area contributed by atoms with E-state index in [1.165, 1.54) is 0 Å². The summed E-state index contributed by atoms with van der Waals surface area (Å²) in [6.07, 6.45) is 4.88. The number of carbonyl (C=O) groups is 2. The van der Waals surface area contributed by atoms with Crippen LogP contribution in [0.1, 0.15) is 38.5 Å². The summed E-state index contributed by atoms with van der Waals surface area (Å²) in [6.45, 7) is 3.05. The van der Waals surface area contributed by atoms with Crippen molar-refractivity contribution in [3.8, 4) is 0 Å². The molecule has 0 aliphatic heterocycles. The van der Waals surface area contributed by atoms with Crippen molar-refractivity contribution in [2.24, 2.45) is 0 Å². The minimum atomic E-state index is -0.248. The average Bonchev–Trinajstić information content (AvgIpc) is 2.73. The Morgan fingerprint density at radius 2 is 1.34 bits per heavy atom. The third kappa shape index (κ3) is 14.4. The maximum atomic E-state index is 12.4. The van der Waals surface area contributed by atoms with E-state index in [9.17, 15) is 9.59 Å². The third-order valence-corrected chi connectivity index (χ3v) is 5.15. The molecule has 0 aromatic heterocycles. The minimum Gasteiger partial charge on any atom is -0.356 e. The molecule has 0 radical (unpaired) electrons. The Morgan fingerprint density at radius 3 is 1.93 bits per heavy atom. The van der Waals surface area contributed by atoms with Gasteiger partial charge in [-0.2, -0.15) is 0 Å². The van der Waals surface area contributed by atoms with E-state index < -0.39 is 0 Å². The van der Waals surface area contributed by atoms with Crippen LogP contribution in [0.15, 0.2) is 0 Å². The van der Waals surface area contributed by atoms with Gasteiger partial charge in [0.2, 0.25) is 11.8 Å². The number of likely N-dealkylation sites (N-methyl/N-ethyl adjacent to an activating group) is 2. The maximum absolute atomic E-state index is 12.4. The van der Waals surface area contributed by atoms with E-state index in [2.05, 4.69) is 37.2 Å². The molecule has 0 spiro atoms. The number of carbonyl (C=O) groups excluding carboxylic acids is 2. The van der Waals surface area contributed by atoms with Gasteiger partial charge in [-0.25, -0.2) is 0 Å². The van der Waals surface area contributed by atoms with Gasteiger partial charge in [-0.15, -0.1) is 0 Å². The van der Waals surface area contributed by atoms with Crippen LogP contribution in [-0.2, 0) is 9.59 Å². The molecule has 3 atom stereocenters. The first-order valence-electron chi connectivity index (χ1n) is 10.9. The Morgan fingerprint density at radius 1 is 0.690 bits per heavy atom. The molecule has 7 N–H and O–H groups in total. The highest BCUT2D eigenvalue weighted by molar-refractivity contribution is 5.81.